The number of ether oxygens (including phenoxy) is 3. The van der Waals surface area contributed by atoms with Crippen LogP contribution >= 0.6 is 11.3 Å². The molecule has 3 amide bonds. The number of hydrogen-bond acceptors (Lipinski definition) is 8. The number of urea groups is 1. The van der Waals surface area contributed by atoms with Crippen LogP contribution in [0.25, 0.3) is 10.6 Å². The molecule has 1 aliphatic carbocycles. The fraction of sp³-hybridized carbons (Fsp3) is 0.545. The minimum Gasteiger partial charge on any atom is -0.454 e. The maximum absolute atomic E-state index is 12.7. The first-order valence-corrected chi connectivity index (χ1v) is 12.0. The summed E-state index contributed by atoms with van der Waals surface area (Å²) in [7, 11) is 1.59. The van der Waals surface area contributed by atoms with E-state index in [4.69, 9.17) is 14.2 Å². The molecule has 4 rings (SSSR count). The lowest BCUT2D eigenvalue weighted by molar-refractivity contribution is -0.116. The van der Waals surface area contributed by atoms with Crippen molar-refractivity contribution < 1.29 is 23.8 Å². The molecule has 10 nitrogen and oxygen atoms in total. The summed E-state index contributed by atoms with van der Waals surface area (Å²) in [6.07, 6.45) is 5.67. The Morgan fingerprint density at radius 2 is 1.97 bits per heavy atom. The van der Waals surface area contributed by atoms with Crippen LogP contribution in [0.3, 0.4) is 0 Å². The Morgan fingerprint density at radius 3 is 2.79 bits per heavy atom. The molecule has 2 aromatic rings. The summed E-state index contributed by atoms with van der Waals surface area (Å²) in [4.78, 5) is 26.9. The van der Waals surface area contributed by atoms with E-state index in [2.05, 4.69) is 20.8 Å². The zero-order chi connectivity index (χ0) is 23.0. The van der Waals surface area contributed by atoms with Crippen molar-refractivity contribution in [2.75, 3.05) is 38.9 Å². The number of nitrogens with one attached hydrogen (secondary N) is 2. The minimum atomic E-state index is -0.226. The van der Waals surface area contributed by atoms with Crippen LogP contribution in [0.1, 0.15) is 38.5 Å². The van der Waals surface area contributed by atoms with Crippen molar-refractivity contribution in [2.24, 2.45) is 0 Å². The van der Waals surface area contributed by atoms with Crippen molar-refractivity contribution in [1.82, 2.24) is 20.4 Å². The lowest BCUT2D eigenvalue weighted by Crippen LogP contribution is -2.47. The molecular weight excluding hydrogens is 446 g/mol. The van der Waals surface area contributed by atoms with E-state index in [1.807, 2.05) is 18.2 Å². The number of carbonyl (C=O) groups excluding carboxylic acids is 2. The van der Waals surface area contributed by atoms with E-state index in [1.54, 1.807) is 12.0 Å². The Kier molecular flexibility index (Phi) is 7.95. The van der Waals surface area contributed by atoms with Gasteiger partial charge in [-0.25, -0.2) is 4.79 Å². The third kappa shape index (κ3) is 6.32. The van der Waals surface area contributed by atoms with E-state index in [1.165, 1.54) is 17.8 Å². The van der Waals surface area contributed by atoms with Crippen LogP contribution in [0.4, 0.5) is 9.93 Å². The molecule has 0 saturated heterocycles. The maximum Gasteiger partial charge on any atom is 0.317 e. The van der Waals surface area contributed by atoms with E-state index in [9.17, 15) is 9.59 Å². The lowest BCUT2D eigenvalue weighted by Gasteiger charge is -2.28. The zero-order valence-corrected chi connectivity index (χ0v) is 19.5. The summed E-state index contributed by atoms with van der Waals surface area (Å²) < 4.78 is 15.9. The molecule has 2 heterocycles. The molecule has 1 aromatic heterocycles. The standard InChI is InChI=1S/C22H29N5O5S/c1-30-12-11-27(22(29)23-16-5-3-2-4-6-16)10-9-19(28)24-21-26-25-20(33-21)15-7-8-17-18(13-15)32-14-31-17/h7-8,13,16H,2-6,9-12,14H2,1H3,(H,23,29)(H,24,26,28). The smallest absolute Gasteiger partial charge is 0.317 e. The highest BCUT2D eigenvalue weighted by Crippen LogP contribution is 2.37. The molecule has 2 N–H and O–H groups in total. The van der Waals surface area contributed by atoms with Crippen LogP contribution in [0.15, 0.2) is 18.2 Å². The zero-order valence-electron chi connectivity index (χ0n) is 18.7. The van der Waals surface area contributed by atoms with Gasteiger partial charge in [0, 0.05) is 38.2 Å². The molecule has 1 aromatic carbocycles. The van der Waals surface area contributed by atoms with Crippen LogP contribution in [0.5, 0.6) is 11.5 Å². The third-order valence-corrected chi connectivity index (χ3v) is 6.57. The first kappa shape index (κ1) is 23.2. The summed E-state index contributed by atoms with van der Waals surface area (Å²) in [6, 6.07) is 5.60. The van der Waals surface area contributed by atoms with E-state index < -0.39 is 0 Å². The van der Waals surface area contributed by atoms with Crippen LogP contribution < -0.4 is 20.1 Å². The molecule has 33 heavy (non-hydrogen) atoms. The fourth-order valence-electron chi connectivity index (χ4n) is 3.87. The second-order valence-corrected chi connectivity index (χ2v) is 9.02. The number of aromatic nitrogens is 2. The molecule has 0 atom stereocenters. The largest absolute Gasteiger partial charge is 0.454 e. The number of rotatable bonds is 9. The van der Waals surface area contributed by atoms with Crippen LogP contribution in [-0.2, 0) is 9.53 Å². The molecule has 0 radical (unpaired) electrons. The van der Waals surface area contributed by atoms with Gasteiger partial charge in [-0.05, 0) is 31.0 Å². The summed E-state index contributed by atoms with van der Waals surface area (Å²) >= 11 is 1.27. The van der Waals surface area contributed by atoms with Gasteiger partial charge in [0.05, 0.1) is 6.61 Å². The van der Waals surface area contributed by atoms with Crippen molar-refractivity contribution in [3.05, 3.63) is 18.2 Å². The first-order valence-electron chi connectivity index (χ1n) is 11.2. The molecule has 2 aliphatic rings. The van der Waals surface area contributed by atoms with E-state index in [-0.39, 0.29) is 31.2 Å². The molecule has 1 saturated carbocycles. The van der Waals surface area contributed by atoms with Gasteiger partial charge < -0.3 is 29.7 Å². The van der Waals surface area contributed by atoms with Gasteiger partial charge in [0.15, 0.2) is 11.5 Å². The highest BCUT2D eigenvalue weighted by atomic mass is 32.1. The van der Waals surface area contributed by atoms with E-state index >= 15 is 0 Å². The monoisotopic (exact) mass is 475 g/mol. The van der Waals surface area contributed by atoms with Gasteiger partial charge in [0.25, 0.3) is 0 Å². The molecule has 1 aliphatic heterocycles. The first-order chi connectivity index (χ1) is 16.1. The summed E-state index contributed by atoms with van der Waals surface area (Å²) in [6.45, 7) is 1.34. The van der Waals surface area contributed by atoms with Crippen molar-refractivity contribution in [3.8, 4) is 22.1 Å². The van der Waals surface area contributed by atoms with E-state index in [0.29, 0.717) is 41.3 Å². The van der Waals surface area contributed by atoms with Gasteiger partial charge in [-0.2, -0.15) is 0 Å². The van der Waals surface area contributed by atoms with Gasteiger partial charge in [0.2, 0.25) is 17.8 Å². The third-order valence-electron chi connectivity index (χ3n) is 5.68. The Labute approximate surface area is 196 Å². The highest BCUT2D eigenvalue weighted by molar-refractivity contribution is 7.18. The second-order valence-electron chi connectivity index (χ2n) is 8.04. The van der Waals surface area contributed by atoms with Gasteiger partial charge in [-0.1, -0.05) is 30.6 Å². The second kappa shape index (κ2) is 11.3. The normalized spacial score (nSPS) is 15.3. The number of anilines is 1. The average Bonchev–Trinajstić information content (AvgIpc) is 3.48. The Morgan fingerprint density at radius 1 is 1.15 bits per heavy atom. The number of benzene rings is 1. The summed E-state index contributed by atoms with van der Waals surface area (Å²) in [5, 5.41) is 15.2. The van der Waals surface area contributed by atoms with Crippen LogP contribution in [0.2, 0.25) is 0 Å². The predicted molar refractivity (Wildman–Crippen MR) is 124 cm³/mol. The average molecular weight is 476 g/mol. The van der Waals surface area contributed by atoms with Gasteiger partial charge >= 0.3 is 6.03 Å². The van der Waals surface area contributed by atoms with Crippen molar-refractivity contribution in [2.45, 2.75) is 44.6 Å². The van der Waals surface area contributed by atoms with Gasteiger partial charge in [-0.15, -0.1) is 10.2 Å². The molecule has 0 unspecified atom stereocenters. The molecular formula is C22H29N5O5S. The van der Waals surface area contributed by atoms with Crippen molar-refractivity contribution in [3.63, 3.8) is 0 Å². The Bertz CT molecular complexity index is 962. The maximum atomic E-state index is 12.7. The Balaban J connectivity index is 1.29. The number of carbonyl (C=O) groups is 2. The Hall–Kier alpha value is -2.92. The van der Waals surface area contributed by atoms with Gasteiger partial charge in [-0.3, -0.25) is 4.79 Å². The number of fused-ring (bicyclic) bond motifs is 1. The lowest BCUT2D eigenvalue weighted by atomic mass is 9.96. The SMILES string of the molecule is COCCN(CCC(=O)Nc1nnc(-c2ccc3c(c2)OCO3)s1)C(=O)NC1CCCCC1. The highest BCUT2D eigenvalue weighted by Gasteiger charge is 2.21. The van der Waals surface area contributed by atoms with Crippen molar-refractivity contribution in [1.29, 1.82) is 0 Å². The topological polar surface area (TPSA) is 115 Å². The van der Waals surface area contributed by atoms with Gasteiger partial charge in [0.1, 0.15) is 5.01 Å². The summed E-state index contributed by atoms with van der Waals surface area (Å²) in [5.41, 5.74) is 0.836. The number of methoxy groups -OCH3 is 1. The molecule has 1 fully saturated rings. The van der Waals surface area contributed by atoms with Crippen LogP contribution in [0, 0.1) is 0 Å². The van der Waals surface area contributed by atoms with Crippen LogP contribution in [-0.4, -0.2) is 66.7 Å². The molecule has 178 valence electrons. The molecule has 0 bridgehead atoms. The number of nitrogens with zero attached hydrogens (tertiary/aromatic N) is 3. The number of amides is 3. The minimum absolute atomic E-state index is 0.146. The number of hydrogen-bond donors (Lipinski definition) is 2. The van der Waals surface area contributed by atoms with E-state index in [0.717, 1.165) is 31.2 Å². The molecule has 11 heteroatoms. The quantitative estimate of drug-likeness (QED) is 0.572. The predicted octanol–water partition coefficient (Wildman–Crippen LogP) is 3.25. The van der Waals surface area contributed by atoms with Crippen molar-refractivity contribution >= 4 is 28.4 Å². The summed E-state index contributed by atoms with van der Waals surface area (Å²) in [5.74, 6) is 1.13. The fourth-order valence-corrected chi connectivity index (χ4v) is 4.62. The molecule has 0 spiro atoms.